The van der Waals surface area contributed by atoms with E-state index in [2.05, 4.69) is 0 Å². The molecule has 1 aromatic carbocycles. The second-order valence-electron chi connectivity index (χ2n) is 8.50. The zero-order chi connectivity index (χ0) is 26.8. The first-order valence-electron chi connectivity index (χ1n) is 12.1. The van der Waals surface area contributed by atoms with Gasteiger partial charge in [-0.25, -0.2) is 4.79 Å². The van der Waals surface area contributed by atoms with Gasteiger partial charge in [0.15, 0.2) is 12.2 Å². The smallest absolute Gasteiger partial charge is 0.339 e. The van der Waals surface area contributed by atoms with Crippen LogP contribution in [0.4, 0.5) is 5.69 Å². The number of carbonyl (C=O) groups is 4. The highest BCUT2D eigenvalue weighted by Gasteiger charge is 2.52. The van der Waals surface area contributed by atoms with E-state index in [4.69, 9.17) is 29.4 Å². The number of carboxylic acid groups (broad SMARTS) is 1. The minimum absolute atomic E-state index is 0.0664. The first-order valence-corrected chi connectivity index (χ1v) is 12.1. The van der Waals surface area contributed by atoms with Crippen LogP contribution in [0, 0.1) is 0 Å². The summed E-state index contributed by atoms with van der Waals surface area (Å²) in [6.45, 7) is 6.99. The van der Waals surface area contributed by atoms with Gasteiger partial charge in [0.1, 0.15) is 11.3 Å². The van der Waals surface area contributed by atoms with Crippen LogP contribution in [0.15, 0.2) is 18.2 Å². The molecule has 3 N–H and O–H groups in total. The Labute approximate surface area is 210 Å². The van der Waals surface area contributed by atoms with Crippen LogP contribution >= 0.6 is 0 Å². The molecular weight excluding hydrogens is 474 g/mol. The maximum atomic E-state index is 12.5. The molecule has 0 spiro atoms. The van der Waals surface area contributed by atoms with Gasteiger partial charge in [-0.3, -0.25) is 14.4 Å². The minimum Gasteiger partial charge on any atom is -0.478 e. The van der Waals surface area contributed by atoms with E-state index in [1.807, 2.05) is 6.92 Å². The van der Waals surface area contributed by atoms with Crippen molar-refractivity contribution in [3.8, 4) is 5.75 Å². The van der Waals surface area contributed by atoms with Gasteiger partial charge >= 0.3 is 23.9 Å². The van der Waals surface area contributed by atoms with Gasteiger partial charge in [0.05, 0.1) is 6.10 Å². The fourth-order valence-electron chi connectivity index (χ4n) is 3.68. The Hall–Kier alpha value is -3.34. The molecule has 11 nitrogen and oxygen atoms in total. The molecule has 1 aliphatic heterocycles. The Morgan fingerprint density at radius 2 is 1.36 bits per heavy atom. The number of carbonyl (C=O) groups excluding carboxylic acids is 3. The average molecular weight is 510 g/mol. The molecule has 2 rings (SSSR count). The SMILES string of the molecule is CCCC(=O)O[C@@H]1[C@H](OC(=O)CCC)[C@H](C)OC(Oc2ccc(N)cc2C(=O)O)[C@H]1OC(=O)CCC. The van der Waals surface area contributed by atoms with Crippen molar-refractivity contribution in [2.24, 2.45) is 0 Å². The summed E-state index contributed by atoms with van der Waals surface area (Å²) in [5.74, 6) is -3.11. The normalized spacial score (nSPS) is 23.4. The third kappa shape index (κ3) is 7.84. The molecule has 36 heavy (non-hydrogen) atoms. The van der Waals surface area contributed by atoms with Crippen molar-refractivity contribution in [3.63, 3.8) is 0 Å². The summed E-state index contributed by atoms with van der Waals surface area (Å²) < 4.78 is 28.7. The molecule has 11 heteroatoms. The number of hydrogen-bond acceptors (Lipinski definition) is 10. The average Bonchev–Trinajstić information content (AvgIpc) is 2.80. The lowest BCUT2D eigenvalue weighted by Gasteiger charge is -2.43. The summed E-state index contributed by atoms with van der Waals surface area (Å²) in [6, 6.07) is 4.01. The molecule has 0 bridgehead atoms. The van der Waals surface area contributed by atoms with E-state index in [-0.39, 0.29) is 36.3 Å². The van der Waals surface area contributed by atoms with E-state index >= 15 is 0 Å². The molecule has 1 aliphatic rings. The van der Waals surface area contributed by atoms with Gasteiger partial charge < -0.3 is 34.5 Å². The van der Waals surface area contributed by atoms with Crippen LogP contribution in [0.3, 0.4) is 0 Å². The molecule has 1 saturated heterocycles. The molecule has 0 amide bonds. The molecule has 0 aromatic heterocycles. The Bertz CT molecular complexity index is 933. The molecule has 0 aliphatic carbocycles. The molecule has 1 unspecified atom stereocenters. The molecule has 200 valence electrons. The number of esters is 3. The number of rotatable bonds is 12. The van der Waals surface area contributed by atoms with Crippen LogP contribution in [0.25, 0.3) is 0 Å². The quantitative estimate of drug-likeness (QED) is 0.242. The van der Waals surface area contributed by atoms with Crippen LogP contribution in [0.2, 0.25) is 0 Å². The summed E-state index contributed by atoms with van der Waals surface area (Å²) >= 11 is 0. The third-order valence-electron chi connectivity index (χ3n) is 5.37. The number of nitrogen functional groups attached to an aromatic ring is 1. The largest absolute Gasteiger partial charge is 0.478 e. The zero-order valence-electron chi connectivity index (χ0n) is 21.1. The van der Waals surface area contributed by atoms with E-state index in [0.29, 0.717) is 19.3 Å². The Morgan fingerprint density at radius 1 is 0.861 bits per heavy atom. The van der Waals surface area contributed by atoms with Crippen molar-refractivity contribution in [3.05, 3.63) is 23.8 Å². The summed E-state index contributed by atoms with van der Waals surface area (Å²) in [5, 5.41) is 9.59. The molecule has 1 heterocycles. The number of carboxylic acids is 1. The van der Waals surface area contributed by atoms with E-state index < -0.39 is 54.6 Å². The lowest BCUT2D eigenvalue weighted by molar-refractivity contribution is -0.281. The lowest BCUT2D eigenvalue weighted by atomic mass is 9.98. The zero-order valence-corrected chi connectivity index (χ0v) is 21.1. The number of ether oxygens (including phenoxy) is 5. The van der Waals surface area contributed by atoms with Gasteiger partial charge in [0.2, 0.25) is 12.4 Å². The summed E-state index contributed by atoms with van der Waals surface area (Å²) in [5.41, 5.74) is 5.69. The highest BCUT2D eigenvalue weighted by atomic mass is 16.7. The van der Waals surface area contributed by atoms with Crippen LogP contribution in [0.1, 0.15) is 76.6 Å². The van der Waals surface area contributed by atoms with Crippen molar-refractivity contribution in [2.45, 2.75) is 96.9 Å². The molecule has 1 fully saturated rings. The van der Waals surface area contributed by atoms with Gasteiger partial charge in [-0.2, -0.15) is 0 Å². The number of hydrogen-bond donors (Lipinski definition) is 2. The first kappa shape index (κ1) is 28.9. The van der Waals surface area contributed by atoms with Crippen molar-refractivity contribution < 1.29 is 48.0 Å². The van der Waals surface area contributed by atoms with Crippen molar-refractivity contribution >= 4 is 29.6 Å². The number of anilines is 1. The van der Waals surface area contributed by atoms with Gasteiger partial charge in [-0.1, -0.05) is 20.8 Å². The maximum Gasteiger partial charge on any atom is 0.339 e. The molecule has 0 saturated carbocycles. The molecule has 5 atom stereocenters. The summed E-state index contributed by atoms with van der Waals surface area (Å²) in [7, 11) is 0. The number of aromatic carboxylic acids is 1. The predicted molar refractivity (Wildman–Crippen MR) is 127 cm³/mol. The van der Waals surface area contributed by atoms with Crippen LogP contribution < -0.4 is 10.5 Å². The van der Waals surface area contributed by atoms with Crippen molar-refractivity contribution in [1.29, 1.82) is 0 Å². The monoisotopic (exact) mass is 509 g/mol. The third-order valence-corrected chi connectivity index (χ3v) is 5.37. The van der Waals surface area contributed by atoms with Gasteiger partial charge in [0, 0.05) is 24.9 Å². The second kappa shape index (κ2) is 13.7. The van der Waals surface area contributed by atoms with E-state index in [9.17, 15) is 24.3 Å². The Morgan fingerprint density at radius 3 is 1.86 bits per heavy atom. The van der Waals surface area contributed by atoms with E-state index in [1.165, 1.54) is 18.2 Å². The lowest BCUT2D eigenvalue weighted by Crippen LogP contribution is -2.62. The highest BCUT2D eigenvalue weighted by molar-refractivity contribution is 5.92. The minimum atomic E-state index is -1.37. The second-order valence-corrected chi connectivity index (χ2v) is 8.50. The molecular formula is C25H35NO10. The molecule has 1 aromatic rings. The van der Waals surface area contributed by atoms with Crippen LogP contribution in [-0.2, 0) is 33.3 Å². The van der Waals surface area contributed by atoms with Crippen LogP contribution in [-0.4, -0.2) is 59.7 Å². The first-order chi connectivity index (χ1) is 17.1. The summed E-state index contributed by atoms with van der Waals surface area (Å²) in [6.07, 6.45) is -4.09. The van der Waals surface area contributed by atoms with Crippen molar-refractivity contribution in [2.75, 3.05) is 5.73 Å². The standard InChI is InChI=1S/C25H35NO10/c1-5-8-18(27)34-21-14(4)32-25(33-17-12-11-15(26)13-16(17)24(30)31)23(36-20(29)10-7-3)22(21)35-19(28)9-6-2/h11-14,21-23,25H,5-10,26H2,1-4H3,(H,30,31)/t14-,21+,22+,23-,25?/m0/s1. The Kier molecular flexibility index (Phi) is 11.0. The van der Waals surface area contributed by atoms with Gasteiger partial charge in [-0.15, -0.1) is 0 Å². The fourth-order valence-corrected chi connectivity index (χ4v) is 3.68. The maximum absolute atomic E-state index is 12.5. The topological polar surface area (TPSA) is 161 Å². The highest BCUT2D eigenvalue weighted by Crippen LogP contribution is 2.32. The molecule has 0 radical (unpaired) electrons. The van der Waals surface area contributed by atoms with Gasteiger partial charge in [-0.05, 0) is 44.4 Å². The predicted octanol–water partition coefficient (Wildman–Crippen LogP) is 3.23. The number of nitrogens with two attached hydrogens (primary N) is 1. The van der Waals surface area contributed by atoms with Gasteiger partial charge in [0.25, 0.3) is 0 Å². The Balaban J connectivity index is 2.49. The summed E-state index contributed by atoms with van der Waals surface area (Å²) in [4.78, 5) is 49.1. The van der Waals surface area contributed by atoms with Crippen LogP contribution in [0.5, 0.6) is 5.75 Å². The van der Waals surface area contributed by atoms with E-state index in [0.717, 1.165) is 0 Å². The van der Waals surface area contributed by atoms with Crippen molar-refractivity contribution in [1.82, 2.24) is 0 Å². The van der Waals surface area contributed by atoms with E-state index in [1.54, 1.807) is 20.8 Å². The fraction of sp³-hybridized carbons (Fsp3) is 0.600. The number of benzene rings is 1.